The van der Waals surface area contributed by atoms with Gasteiger partial charge in [0.15, 0.2) is 5.78 Å². The second kappa shape index (κ2) is 5.77. The van der Waals surface area contributed by atoms with Crippen LogP contribution in [0, 0.1) is 11.3 Å². The van der Waals surface area contributed by atoms with Gasteiger partial charge >= 0.3 is 0 Å². The fourth-order valence-electron chi connectivity index (χ4n) is 1.27. The van der Waals surface area contributed by atoms with Crippen LogP contribution in [-0.4, -0.2) is 5.78 Å². The molecule has 76 valence electrons. The van der Waals surface area contributed by atoms with E-state index in [0.29, 0.717) is 12.8 Å². The van der Waals surface area contributed by atoms with Gasteiger partial charge in [0.05, 0.1) is 12.5 Å². The van der Waals surface area contributed by atoms with E-state index in [0.717, 1.165) is 11.1 Å². The van der Waals surface area contributed by atoms with Crippen molar-refractivity contribution in [3.63, 3.8) is 0 Å². The standard InChI is InChI=1S/C13H13NO/c1-2-13(15)12-8-5-7-11(10-12)6-3-4-9-14/h3,5-8,10H,2,4H2,1H3. The number of rotatable bonds is 4. The summed E-state index contributed by atoms with van der Waals surface area (Å²) in [5, 5.41) is 8.37. The molecule has 0 aromatic heterocycles. The molecule has 0 fully saturated rings. The zero-order valence-corrected chi connectivity index (χ0v) is 8.73. The summed E-state index contributed by atoms with van der Waals surface area (Å²) in [6.07, 6.45) is 4.56. The highest BCUT2D eigenvalue weighted by molar-refractivity contribution is 5.96. The van der Waals surface area contributed by atoms with Gasteiger partial charge in [-0.2, -0.15) is 5.26 Å². The van der Waals surface area contributed by atoms with Gasteiger partial charge in [0.2, 0.25) is 0 Å². The van der Waals surface area contributed by atoms with Gasteiger partial charge in [-0.25, -0.2) is 0 Å². The zero-order chi connectivity index (χ0) is 11.1. The predicted molar refractivity (Wildman–Crippen MR) is 60.3 cm³/mol. The van der Waals surface area contributed by atoms with Crippen LogP contribution < -0.4 is 0 Å². The third kappa shape index (κ3) is 3.40. The van der Waals surface area contributed by atoms with E-state index in [4.69, 9.17) is 5.26 Å². The van der Waals surface area contributed by atoms with Gasteiger partial charge in [-0.15, -0.1) is 0 Å². The molecule has 15 heavy (non-hydrogen) atoms. The average molecular weight is 199 g/mol. The summed E-state index contributed by atoms with van der Waals surface area (Å²) in [6.45, 7) is 1.85. The maximum Gasteiger partial charge on any atom is 0.162 e. The molecule has 0 saturated heterocycles. The highest BCUT2D eigenvalue weighted by Crippen LogP contribution is 2.09. The number of nitriles is 1. The molecule has 1 aromatic carbocycles. The van der Waals surface area contributed by atoms with Crippen molar-refractivity contribution >= 4 is 11.9 Å². The van der Waals surface area contributed by atoms with Gasteiger partial charge in [-0.05, 0) is 11.6 Å². The van der Waals surface area contributed by atoms with Gasteiger partial charge in [0.1, 0.15) is 0 Å². The molecule has 0 aliphatic rings. The van der Waals surface area contributed by atoms with Crippen LogP contribution in [0.4, 0.5) is 0 Å². The first-order chi connectivity index (χ1) is 7.27. The normalized spacial score (nSPS) is 10.1. The van der Waals surface area contributed by atoms with Gasteiger partial charge < -0.3 is 0 Å². The summed E-state index contributed by atoms with van der Waals surface area (Å²) in [4.78, 5) is 11.4. The van der Waals surface area contributed by atoms with E-state index in [2.05, 4.69) is 0 Å². The van der Waals surface area contributed by atoms with Gasteiger partial charge in [0.25, 0.3) is 0 Å². The first-order valence-corrected chi connectivity index (χ1v) is 4.94. The Kier molecular flexibility index (Phi) is 4.30. The van der Waals surface area contributed by atoms with E-state index in [1.54, 1.807) is 6.08 Å². The fraction of sp³-hybridized carbons (Fsp3) is 0.231. The molecule has 0 aliphatic heterocycles. The molecular formula is C13H13NO. The van der Waals surface area contributed by atoms with Crippen LogP contribution in [0.2, 0.25) is 0 Å². The molecular weight excluding hydrogens is 186 g/mol. The van der Waals surface area contributed by atoms with Gasteiger partial charge in [-0.3, -0.25) is 4.79 Å². The lowest BCUT2D eigenvalue weighted by Crippen LogP contribution is -1.95. The maximum absolute atomic E-state index is 11.4. The molecule has 0 amide bonds. The third-order valence-electron chi connectivity index (χ3n) is 2.05. The number of nitrogens with zero attached hydrogens (tertiary/aromatic N) is 1. The highest BCUT2D eigenvalue weighted by atomic mass is 16.1. The second-order valence-corrected chi connectivity index (χ2v) is 3.17. The van der Waals surface area contributed by atoms with E-state index in [9.17, 15) is 4.79 Å². The molecule has 0 bridgehead atoms. The maximum atomic E-state index is 11.4. The Bertz CT molecular complexity index is 413. The van der Waals surface area contributed by atoms with Gasteiger partial charge in [-0.1, -0.05) is 37.3 Å². The summed E-state index contributed by atoms with van der Waals surface area (Å²) >= 11 is 0. The number of hydrogen-bond acceptors (Lipinski definition) is 2. The molecule has 0 saturated carbocycles. The summed E-state index contributed by atoms with van der Waals surface area (Å²) in [6, 6.07) is 9.47. The predicted octanol–water partition coefficient (Wildman–Crippen LogP) is 3.21. The smallest absolute Gasteiger partial charge is 0.162 e. The van der Waals surface area contributed by atoms with E-state index >= 15 is 0 Å². The molecule has 2 heteroatoms. The Balaban J connectivity index is 2.84. The number of Topliss-reactive ketones (excluding diaryl/α,β-unsaturated/α-hetero) is 1. The van der Waals surface area contributed by atoms with Crippen LogP contribution in [0.3, 0.4) is 0 Å². The van der Waals surface area contributed by atoms with E-state index in [-0.39, 0.29) is 5.78 Å². The SMILES string of the molecule is CCC(=O)c1cccc(C=CCC#N)c1. The Morgan fingerprint density at radius 3 is 3.00 bits per heavy atom. The second-order valence-electron chi connectivity index (χ2n) is 3.17. The topological polar surface area (TPSA) is 40.9 Å². The molecule has 0 heterocycles. The lowest BCUT2D eigenvalue weighted by Gasteiger charge is -1.99. The molecule has 1 aromatic rings. The Labute approximate surface area is 89.9 Å². The molecule has 2 nitrogen and oxygen atoms in total. The average Bonchev–Trinajstić information content (AvgIpc) is 2.29. The summed E-state index contributed by atoms with van der Waals surface area (Å²) in [5.41, 5.74) is 1.70. The molecule has 0 radical (unpaired) electrons. The van der Waals surface area contributed by atoms with E-state index in [1.165, 1.54) is 0 Å². The number of carbonyl (C=O) groups excluding carboxylic acids is 1. The summed E-state index contributed by atoms with van der Waals surface area (Å²) < 4.78 is 0. The minimum absolute atomic E-state index is 0.144. The molecule has 0 aliphatic carbocycles. The summed E-state index contributed by atoms with van der Waals surface area (Å²) in [7, 11) is 0. The van der Waals surface area contributed by atoms with Crippen molar-refractivity contribution in [1.29, 1.82) is 5.26 Å². The molecule has 0 spiro atoms. The molecule has 0 atom stereocenters. The first kappa shape index (κ1) is 11.2. The number of hydrogen-bond donors (Lipinski definition) is 0. The van der Waals surface area contributed by atoms with Crippen molar-refractivity contribution < 1.29 is 4.79 Å². The number of ketones is 1. The minimum Gasteiger partial charge on any atom is -0.294 e. The molecule has 0 unspecified atom stereocenters. The first-order valence-electron chi connectivity index (χ1n) is 4.94. The van der Waals surface area contributed by atoms with Crippen molar-refractivity contribution in [1.82, 2.24) is 0 Å². The Morgan fingerprint density at radius 1 is 1.53 bits per heavy atom. The van der Waals surface area contributed by atoms with Crippen LogP contribution in [0.15, 0.2) is 30.3 Å². The van der Waals surface area contributed by atoms with Crippen molar-refractivity contribution in [2.24, 2.45) is 0 Å². The van der Waals surface area contributed by atoms with Crippen molar-refractivity contribution in [2.75, 3.05) is 0 Å². The zero-order valence-electron chi connectivity index (χ0n) is 8.73. The minimum atomic E-state index is 0.144. The Morgan fingerprint density at radius 2 is 2.33 bits per heavy atom. The van der Waals surface area contributed by atoms with Crippen LogP contribution in [0.25, 0.3) is 6.08 Å². The molecule has 1 rings (SSSR count). The lowest BCUT2D eigenvalue weighted by molar-refractivity contribution is 0.0988. The van der Waals surface area contributed by atoms with Crippen molar-refractivity contribution in [2.45, 2.75) is 19.8 Å². The highest BCUT2D eigenvalue weighted by Gasteiger charge is 2.01. The molecule has 0 N–H and O–H groups in total. The van der Waals surface area contributed by atoms with Crippen LogP contribution >= 0.6 is 0 Å². The quantitative estimate of drug-likeness (QED) is 0.698. The van der Waals surface area contributed by atoms with Crippen LogP contribution in [-0.2, 0) is 0 Å². The lowest BCUT2D eigenvalue weighted by atomic mass is 10.1. The van der Waals surface area contributed by atoms with Gasteiger partial charge in [0, 0.05) is 12.0 Å². The number of benzene rings is 1. The van der Waals surface area contributed by atoms with E-state index in [1.807, 2.05) is 43.3 Å². The monoisotopic (exact) mass is 199 g/mol. The number of allylic oxidation sites excluding steroid dienone is 1. The van der Waals surface area contributed by atoms with Crippen molar-refractivity contribution in [3.05, 3.63) is 41.5 Å². The Hall–Kier alpha value is -1.88. The number of carbonyl (C=O) groups is 1. The van der Waals surface area contributed by atoms with Crippen LogP contribution in [0.5, 0.6) is 0 Å². The largest absolute Gasteiger partial charge is 0.294 e. The van der Waals surface area contributed by atoms with E-state index < -0.39 is 0 Å². The van der Waals surface area contributed by atoms with Crippen molar-refractivity contribution in [3.8, 4) is 6.07 Å². The van der Waals surface area contributed by atoms with Crippen LogP contribution in [0.1, 0.15) is 35.7 Å². The summed E-state index contributed by atoms with van der Waals surface area (Å²) in [5.74, 6) is 0.144. The third-order valence-corrected chi connectivity index (χ3v) is 2.05. The fourth-order valence-corrected chi connectivity index (χ4v) is 1.27.